The summed E-state index contributed by atoms with van der Waals surface area (Å²) in [6, 6.07) is 8.77. The van der Waals surface area contributed by atoms with Crippen molar-refractivity contribution in [2.45, 2.75) is 13.3 Å². The Morgan fingerprint density at radius 3 is 2.62 bits per heavy atom. The van der Waals surface area contributed by atoms with Gasteiger partial charge in [0, 0.05) is 6.92 Å². The van der Waals surface area contributed by atoms with Crippen LogP contribution in [0.4, 0.5) is 10.1 Å². The van der Waals surface area contributed by atoms with Crippen LogP contribution in [0.2, 0.25) is 0 Å². The molecule has 13 heavy (non-hydrogen) atoms. The van der Waals surface area contributed by atoms with Gasteiger partial charge in [0.1, 0.15) is 0 Å². The van der Waals surface area contributed by atoms with Crippen LogP contribution < -0.4 is 5.48 Å². The first-order chi connectivity index (χ1) is 6.20. The summed E-state index contributed by atoms with van der Waals surface area (Å²) in [5.41, 5.74) is 2.93. The van der Waals surface area contributed by atoms with Gasteiger partial charge in [-0.25, -0.2) is 9.23 Å². The molecule has 1 unspecified atom stereocenters. The lowest BCUT2D eigenvalue weighted by Crippen LogP contribution is -2.19. The number of carbonyl (C=O) groups is 1. The van der Waals surface area contributed by atoms with E-state index in [1.54, 1.807) is 24.3 Å². The number of halogens is 1. The first kappa shape index (κ1) is 9.67. The van der Waals surface area contributed by atoms with Gasteiger partial charge in [-0.3, -0.25) is 10.3 Å². The van der Waals surface area contributed by atoms with Crippen molar-refractivity contribution in [1.29, 1.82) is 0 Å². The van der Waals surface area contributed by atoms with E-state index in [0.29, 0.717) is 5.69 Å². The van der Waals surface area contributed by atoms with Gasteiger partial charge in [-0.05, 0) is 12.1 Å². The van der Waals surface area contributed by atoms with Crippen molar-refractivity contribution < 1.29 is 14.0 Å². The fourth-order valence-electron chi connectivity index (χ4n) is 0.709. The fraction of sp³-hybridized carbons (Fsp3) is 0.222. The second-order valence-electron chi connectivity index (χ2n) is 2.51. The molecule has 0 fully saturated rings. The van der Waals surface area contributed by atoms with Crippen LogP contribution in [0.1, 0.15) is 6.92 Å². The number of anilines is 1. The summed E-state index contributed by atoms with van der Waals surface area (Å²) in [4.78, 5) is 14.8. The van der Waals surface area contributed by atoms with E-state index < -0.39 is 12.1 Å². The number of nitrogens with one attached hydrogen (secondary N) is 1. The predicted octanol–water partition coefficient (Wildman–Crippen LogP) is 1.91. The minimum atomic E-state index is -1.92. The molecule has 1 N–H and O–H groups in total. The lowest BCUT2D eigenvalue weighted by atomic mass is 10.3. The number of Topliss-reactive ketones (excluding diaryl/α,β-unsaturated/α-hetero) is 1. The van der Waals surface area contributed by atoms with E-state index in [2.05, 4.69) is 10.3 Å². The first-order valence-corrected chi connectivity index (χ1v) is 3.81. The molecule has 0 radical (unpaired) electrons. The zero-order valence-corrected chi connectivity index (χ0v) is 7.16. The number of hydrogen-bond donors (Lipinski definition) is 1. The van der Waals surface area contributed by atoms with Crippen molar-refractivity contribution in [2.75, 3.05) is 5.48 Å². The number of carbonyl (C=O) groups excluding carboxylic acids is 1. The minimum Gasteiger partial charge on any atom is -0.294 e. The van der Waals surface area contributed by atoms with Gasteiger partial charge in [0.15, 0.2) is 5.78 Å². The standard InChI is InChI=1S/C9H10FNO2/c1-7(12)9(10)13-11-8-5-3-2-4-6-8/h2-6,9,11H,1H3. The van der Waals surface area contributed by atoms with Crippen molar-refractivity contribution in [3.8, 4) is 0 Å². The van der Waals surface area contributed by atoms with Crippen molar-refractivity contribution in [2.24, 2.45) is 0 Å². The average Bonchev–Trinajstić information content (AvgIpc) is 2.15. The Labute approximate surface area is 75.5 Å². The molecular formula is C9H10FNO2. The van der Waals surface area contributed by atoms with Gasteiger partial charge >= 0.3 is 0 Å². The molecule has 0 saturated carbocycles. The van der Waals surface area contributed by atoms with Crippen LogP contribution in [0, 0.1) is 0 Å². The van der Waals surface area contributed by atoms with E-state index in [0.717, 1.165) is 6.92 Å². The molecule has 0 heterocycles. The molecule has 0 aliphatic carbocycles. The van der Waals surface area contributed by atoms with Gasteiger partial charge < -0.3 is 0 Å². The van der Waals surface area contributed by atoms with Crippen LogP contribution in [0.25, 0.3) is 0 Å². The summed E-state index contributed by atoms with van der Waals surface area (Å²) < 4.78 is 12.6. The Hall–Kier alpha value is -1.42. The molecule has 1 atom stereocenters. The summed E-state index contributed by atoms with van der Waals surface area (Å²) in [6.45, 7) is 1.12. The largest absolute Gasteiger partial charge is 0.294 e. The lowest BCUT2D eigenvalue weighted by molar-refractivity contribution is -0.136. The summed E-state index contributed by atoms with van der Waals surface area (Å²) in [7, 11) is 0. The quantitative estimate of drug-likeness (QED) is 0.724. The van der Waals surface area contributed by atoms with E-state index in [9.17, 15) is 9.18 Å². The Bertz CT molecular complexity index is 276. The van der Waals surface area contributed by atoms with Crippen molar-refractivity contribution in [3.63, 3.8) is 0 Å². The molecule has 0 bridgehead atoms. The van der Waals surface area contributed by atoms with Crippen LogP contribution in [-0.2, 0) is 9.63 Å². The highest BCUT2D eigenvalue weighted by Gasteiger charge is 2.11. The predicted molar refractivity (Wildman–Crippen MR) is 46.7 cm³/mol. The number of rotatable bonds is 4. The summed E-state index contributed by atoms with van der Waals surface area (Å²) in [5.74, 6) is -0.663. The topological polar surface area (TPSA) is 38.3 Å². The highest BCUT2D eigenvalue weighted by atomic mass is 19.1. The smallest absolute Gasteiger partial charge is 0.280 e. The first-order valence-electron chi connectivity index (χ1n) is 3.81. The Balaban J connectivity index is 2.39. The SMILES string of the molecule is CC(=O)C(F)ONc1ccccc1. The molecule has 3 nitrogen and oxygen atoms in total. The molecule has 70 valence electrons. The van der Waals surface area contributed by atoms with E-state index in [4.69, 9.17) is 0 Å². The monoisotopic (exact) mass is 183 g/mol. The minimum absolute atomic E-state index is 0.603. The van der Waals surface area contributed by atoms with Crippen LogP contribution in [0.5, 0.6) is 0 Å². The van der Waals surface area contributed by atoms with Crippen LogP contribution in [0.3, 0.4) is 0 Å². The molecule has 0 amide bonds. The molecule has 4 heteroatoms. The normalized spacial score (nSPS) is 12.2. The molecule has 0 aliphatic rings. The average molecular weight is 183 g/mol. The molecular weight excluding hydrogens is 173 g/mol. The molecule has 0 aliphatic heterocycles. The number of ketones is 1. The van der Waals surface area contributed by atoms with Crippen LogP contribution in [-0.4, -0.2) is 12.1 Å². The Kier molecular flexibility index (Phi) is 3.40. The van der Waals surface area contributed by atoms with Crippen LogP contribution >= 0.6 is 0 Å². The molecule has 1 aromatic rings. The number of hydrogen-bond acceptors (Lipinski definition) is 3. The molecule has 1 aromatic carbocycles. The molecule has 0 spiro atoms. The molecule has 1 rings (SSSR count). The van der Waals surface area contributed by atoms with E-state index in [1.807, 2.05) is 6.07 Å². The van der Waals surface area contributed by atoms with Crippen molar-refractivity contribution >= 4 is 11.5 Å². The van der Waals surface area contributed by atoms with Crippen molar-refractivity contribution in [1.82, 2.24) is 0 Å². The van der Waals surface area contributed by atoms with E-state index >= 15 is 0 Å². The van der Waals surface area contributed by atoms with Gasteiger partial charge in [0.05, 0.1) is 5.69 Å². The van der Waals surface area contributed by atoms with E-state index in [-0.39, 0.29) is 0 Å². The fourth-order valence-corrected chi connectivity index (χ4v) is 0.709. The summed E-state index contributed by atoms with van der Waals surface area (Å²) >= 11 is 0. The lowest BCUT2D eigenvalue weighted by Gasteiger charge is -2.07. The second kappa shape index (κ2) is 4.57. The Morgan fingerprint density at radius 1 is 1.46 bits per heavy atom. The van der Waals surface area contributed by atoms with Gasteiger partial charge in [-0.2, -0.15) is 0 Å². The maximum atomic E-state index is 12.6. The van der Waals surface area contributed by atoms with Gasteiger partial charge in [-0.15, -0.1) is 0 Å². The third-order valence-electron chi connectivity index (χ3n) is 1.37. The third-order valence-corrected chi connectivity index (χ3v) is 1.37. The van der Waals surface area contributed by atoms with E-state index in [1.165, 1.54) is 0 Å². The highest BCUT2D eigenvalue weighted by Crippen LogP contribution is 2.06. The Morgan fingerprint density at radius 2 is 2.08 bits per heavy atom. The van der Waals surface area contributed by atoms with Crippen molar-refractivity contribution in [3.05, 3.63) is 30.3 Å². The third kappa shape index (κ3) is 3.21. The summed E-state index contributed by atoms with van der Waals surface area (Å²) in [5, 5.41) is 0. The zero-order chi connectivity index (χ0) is 9.68. The summed E-state index contributed by atoms with van der Waals surface area (Å²) in [6.07, 6.45) is -1.92. The van der Waals surface area contributed by atoms with Gasteiger partial charge in [0.25, 0.3) is 6.36 Å². The number of para-hydroxylation sites is 1. The second-order valence-corrected chi connectivity index (χ2v) is 2.51. The number of alkyl halides is 1. The zero-order valence-electron chi connectivity index (χ0n) is 7.16. The maximum absolute atomic E-state index is 12.6. The number of benzene rings is 1. The highest BCUT2D eigenvalue weighted by molar-refractivity contribution is 5.78. The maximum Gasteiger partial charge on any atom is 0.280 e. The van der Waals surface area contributed by atoms with Gasteiger partial charge in [-0.1, -0.05) is 18.2 Å². The molecule has 0 saturated heterocycles. The molecule has 0 aromatic heterocycles. The van der Waals surface area contributed by atoms with Crippen LogP contribution in [0.15, 0.2) is 30.3 Å². The van der Waals surface area contributed by atoms with Gasteiger partial charge in [0.2, 0.25) is 0 Å².